The molecule has 0 saturated carbocycles. The number of benzene rings is 3. The van der Waals surface area contributed by atoms with Crippen molar-refractivity contribution in [2.45, 2.75) is 45.7 Å². The van der Waals surface area contributed by atoms with Gasteiger partial charge in [0.25, 0.3) is 11.8 Å². The van der Waals surface area contributed by atoms with Crippen LogP contribution < -0.4 is 19.7 Å². The maximum Gasteiger partial charge on any atom is 0.258 e. The fourth-order valence-corrected chi connectivity index (χ4v) is 5.24. The second-order valence-electron chi connectivity index (χ2n) is 9.95. The van der Waals surface area contributed by atoms with Crippen LogP contribution in [0.5, 0.6) is 11.5 Å². The highest BCUT2D eigenvalue weighted by Gasteiger charge is 2.27. The van der Waals surface area contributed by atoms with Crippen molar-refractivity contribution >= 4 is 17.5 Å². The molecule has 1 N–H and O–H groups in total. The Morgan fingerprint density at radius 1 is 0.974 bits per heavy atom. The molecule has 0 radical (unpaired) electrons. The number of hydrogen-bond donors (Lipinski definition) is 1. The monoisotopic (exact) mass is 529 g/mol. The van der Waals surface area contributed by atoms with Crippen molar-refractivity contribution in [3.8, 4) is 11.5 Å². The van der Waals surface area contributed by atoms with Gasteiger partial charge in [0.15, 0.2) is 11.5 Å². The molecule has 7 nitrogen and oxygen atoms in total. The van der Waals surface area contributed by atoms with Gasteiger partial charge in [-0.3, -0.25) is 14.5 Å². The molecule has 0 aromatic heterocycles. The predicted molar refractivity (Wildman–Crippen MR) is 155 cm³/mol. The number of nitrogens with zero attached hydrogens (tertiary/aromatic N) is 2. The van der Waals surface area contributed by atoms with Gasteiger partial charge in [-0.25, -0.2) is 0 Å². The normalized spacial score (nSPS) is 13.7. The summed E-state index contributed by atoms with van der Waals surface area (Å²) in [6.07, 6.45) is 2.69. The Morgan fingerprint density at radius 3 is 2.33 bits per heavy atom. The molecule has 1 aliphatic heterocycles. The summed E-state index contributed by atoms with van der Waals surface area (Å²) in [5.74, 6) is 1.21. The number of para-hydroxylation sites is 1. The molecule has 206 valence electrons. The number of ether oxygens (including phenoxy) is 2. The third-order valence-corrected chi connectivity index (χ3v) is 7.31. The first-order valence-electron chi connectivity index (χ1n) is 13.7. The fourth-order valence-electron chi connectivity index (χ4n) is 5.24. The number of fused-ring (bicyclic) bond motifs is 1. The van der Waals surface area contributed by atoms with E-state index in [2.05, 4.69) is 23.2 Å². The summed E-state index contributed by atoms with van der Waals surface area (Å²) in [6, 6.07) is 20.7. The standard InChI is InChI=1S/C32H39N3O4/c1-5-11-23(2)35(32(37)24-12-7-6-8-13-24)28-15-10-9-14-27(28)31(36)33-17-19-34-18-16-25-20-29(38-3)30(39-4)21-26(25)22-34/h6-10,12-15,20-21,23H,5,11,16-19,22H2,1-4H3,(H,33,36). The van der Waals surface area contributed by atoms with E-state index in [0.29, 0.717) is 23.4 Å². The minimum atomic E-state index is -0.177. The molecule has 1 atom stereocenters. The van der Waals surface area contributed by atoms with Crippen molar-refractivity contribution in [2.75, 3.05) is 38.8 Å². The molecule has 2 amide bonds. The van der Waals surface area contributed by atoms with E-state index in [9.17, 15) is 9.59 Å². The lowest BCUT2D eigenvalue weighted by Crippen LogP contribution is -2.41. The lowest BCUT2D eigenvalue weighted by Gasteiger charge is -2.31. The number of amides is 2. The van der Waals surface area contributed by atoms with Gasteiger partial charge in [0.05, 0.1) is 25.5 Å². The molecule has 3 aromatic carbocycles. The third-order valence-electron chi connectivity index (χ3n) is 7.31. The number of hydrogen-bond acceptors (Lipinski definition) is 5. The van der Waals surface area contributed by atoms with Crippen LogP contribution in [0, 0.1) is 0 Å². The topological polar surface area (TPSA) is 71.1 Å². The van der Waals surface area contributed by atoms with Crippen LogP contribution in [-0.4, -0.2) is 56.6 Å². The van der Waals surface area contributed by atoms with Gasteiger partial charge in [0.1, 0.15) is 0 Å². The smallest absolute Gasteiger partial charge is 0.258 e. The SMILES string of the molecule is CCCC(C)N(C(=O)c1ccccc1)c1ccccc1C(=O)NCCN1CCc2cc(OC)c(OC)cc2C1. The van der Waals surface area contributed by atoms with Crippen molar-refractivity contribution < 1.29 is 19.1 Å². The molecule has 4 rings (SSSR count). The average Bonchev–Trinajstić information content (AvgIpc) is 2.97. The summed E-state index contributed by atoms with van der Waals surface area (Å²) in [5, 5.41) is 3.09. The number of carbonyl (C=O) groups is 2. The highest BCUT2D eigenvalue weighted by atomic mass is 16.5. The Balaban J connectivity index is 1.45. The minimum Gasteiger partial charge on any atom is -0.493 e. The molecule has 1 aliphatic rings. The van der Waals surface area contributed by atoms with E-state index in [-0.39, 0.29) is 17.9 Å². The molecule has 3 aromatic rings. The van der Waals surface area contributed by atoms with Gasteiger partial charge in [-0.05, 0) is 67.3 Å². The van der Waals surface area contributed by atoms with Crippen LogP contribution in [0.25, 0.3) is 0 Å². The molecule has 39 heavy (non-hydrogen) atoms. The fraction of sp³-hybridized carbons (Fsp3) is 0.375. The average molecular weight is 530 g/mol. The maximum absolute atomic E-state index is 13.6. The summed E-state index contributed by atoms with van der Waals surface area (Å²) in [7, 11) is 3.30. The Bertz CT molecular complexity index is 1280. The first-order valence-corrected chi connectivity index (χ1v) is 13.7. The summed E-state index contributed by atoms with van der Waals surface area (Å²) in [5.41, 5.74) is 4.24. The second-order valence-corrected chi connectivity index (χ2v) is 9.95. The lowest BCUT2D eigenvalue weighted by molar-refractivity contribution is 0.0947. The highest BCUT2D eigenvalue weighted by molar-refractivity contribution is 6.10. The summed E-state index contributed by atoms with van der Waals surface area (Å²) in [6.45, 7) is 7.07. The van der Waals surface area contributed by atoms with E-state index in [1.54, 1.807) is 25.2 Å². The van der Waals surface area contributed by atoms with E-state index < -0.39 is 0 Å². The van der Waals surface area contributed by atoms with Crippen LogP contribution in [-0.2, 0) is 13.0 Å². The molecule has 0 spiro atoms. The molecule has 0 aliphatic carbocycles. The summed E-state index contributed by atoms with van der Waals surface area (Å²) >= 11 is 0. The highest BCUT2D eigenvalue weighted by Crippen LogP contribution is 2.33. The van der Waals surface area contributed by atoms with Crippen LogP contribution in [0.1, 0.15) is 58.5 Å². The number of rotatable bonds is 11. The first kappa shape index (κ1) is 28.2. The second kappa shape index (κ2) is 13.3. The number of methoxy groups -OCH3 is 2. The number of nitrogens with one attached hydrogen (secondary N) is 1. The van der Waals surface area contributed by atoms with Crippen molar-refractivity contribution in [2.24, 2.45) is 0 Å². The van der Waals surface area contributed by atoms with Gasteiger partial charge in [-0.1, -0.05) is 43.7 Å². The van der Waals surface area contributed by atoms with Crippen LogP contribution >= 0.6 is 0 Å². The zero-order valence-corrected chi connectivity index (χ0v) is 23.4. The van der Waals surface area contributed by atoms with E-state index >= 15 is 0 Å². The van der Waals surface area contributed by atoms with Gasteiger partial charge < -0.3 is 19.7 Å². The predicted octanol–water partition coefficient (Wildman–Crippen LogP) is 5.33. The molecular formula is C32H39N3O4. The summed E-state index contributed by atoms with van der Waals surface area (Å²) in [4.78, 5) is 31.1. The van der Waals surface area contributed by atoms with E-state index in [1.165, 1.54) is 11.1 Å². The van der Waals surface area contributed by atoms with Crippen molar-refractivity contribution in [1.82, 2.24) is 10.2 Å². The third kappa shape index (κ3) is 6.60. The van der Waals surface area contributed by atoms with Crippen LogP contribution in [0.4, 0.5) is 5.69 Å². The quantitative estimate of drug-likeness (QED) is 0.364. The molecule has 0 saturated heterocycles. The summed E-state index contributed by atoms with van der Waals surface area (Å²) < 4.78 is 10.9. The number of carbonyl (C=O) groups excluding carboxylic acids is 2. The van der Waals surface area contributed by atoms with Crippen LogP contribution in [0.2, 0.25) is 0 Å². The molecule has 1 unspecified atom stereocenters. The van der Waals surface area contributed by atoms with Gasteiger partial charge in [0, 0.05) is 37.8 Å². The number of anilines is 1. The molecule has 7 heteroatoms. The van der Waals surface area contributed by atoms with Crippen LogP contribution in [0.3, 0.4) is 0 Å². The Kier molecular flexibility index (Phi) is 9.60. The Labute approximate surface area is 231 Å². The van der Waals surface area contributed by atoms with Gasteiger partial charge in [-0.2, -0.15) is 0 Å². The largest absolute Gasteiger partial charge is 0.493 e. The van der Waals surface area contributed by atoms with Gasteiger partial charge in [0.2, 0.25) is 0 Å². The first-order chi connectivity index (χ1) is 19.0. The molecule has 0 bridgehead atoms. The molecule has 1 heterocycles. The van der Waals surface area contributed by atoms with Crippen molar-refractivity contribution in [1.29, 1.82) is 0 Å². The zero-order valence-electron chi connectivity index (χ0n) is 23.4. The Hall–Kier alpha value is -3.84. The van der Waals surface area contributed by atoms with Gasteiger partial charge in [-0.15, -0.1) is 0 Å². The Morgan fingerprint density at radius 2 is 1.64 bits per heavy atom. The maximum atomic E-state index is 13.6. The lowest BCUT2D eigenvalue weighted by atomic mass is 9.99. The van der Waals surface area contributed by atoms with Crippen LogP contribution in [0.15, 0.2) is 66.7 Å². The minimum absolute atomic E-state index is 0.0549. The molecule has 0 fully saturated rings. The zero-order chi connectivity index (χ0) is 27.8. The van der Waals surface area contributed by atoms with E-state index in [0.717, 1.165) is 50.4 Å². The van der Waals surface area contributed by atoms with Gasteiger partial charge >= 0.3 is 0 Å². The van der Waals surface area contributed by atoms with E-state index in [4.69, 9.17) is 9.47 Å². The molecular weight excluding hydrogens is 490 g/mol. The van der Waals surface area contributed by atoms with Crippen molar-refractivity contribution in [3.63, 3.8) is 0 Å². The van der Waals surface area contributed by atoms with Crippen molar-refractivity contribution in [3.05, 3.63) is 89.0 Å². The van der Waals surface area contributed by atoms with E-state index in [1.807, 2.05) is 61.5 Å².